The lowest BCUT2D eigenvalue weighted by Gasteiger charge is -2.28. The van der Waals surface area contributed by atoms with Crippen LogP contribution in [0.25, 0.3) is 0 Å². The minimum Gasteiger partial charge on any atom is -0.325 e. The van der Waals surface area contributed by atoms with Crippen LogP contribution in [0.2, 0.25) is 0 Å². The molecule has 0 amide bonds. The highest BCUT2D eigenvalue weighted by Gasteiger charge is 2.28. The second-order valence-electron chi connectivity index (χ2n) is 5.87. The van der Waals surface area contributed by atoms with Gasteiger partial charge in [0, 0.05) is 10.0 Å². The maximum atomic E-state index is 6.64. The Balaban J connectivity index is 2.02. The molecule has 1 fully saturated rings. The minimum absolute atomic E-state index is 0.0186. The van der Waals surface area contributed by atoms with Gasteiger partial charge in [0.25, 0.3) is 0 Å². The lowest BCUT2D eigenvalue weighted by molar-refractivity contribution is 0.358. The van der Waals surface area contributed by atoms with Gasteiger partial charge in [-0.15, -0.1) is 0 Å². The Hall–Kier alpha value is -0.340. The topological polar surface area (TPSA) is 26.0 Å². The van der Waals surface area contributed by atoms with Crippen LogP contribution in [0.1, 0.15) is 51.0 Å². The first-order chi connectivity index (χ1) is 8.61. The third-order valence-electron chi connectivity index (χ3n) is 4.36. The van der Waals surface area contributed by atoms with E-state index in [1.54, 1.807) is 0 Å². The van der Waals surface area contributed by atoms with Crippen molar-refractivity contribution in [1.29, 1.82) is 0 Å². The van der Waals surface area contributed by atoms with E-state index in [9.17, 15) is 0 Å². The van der Waals surface area contributed by atoms with Crippen LogP contribution >= 0.6 is 15.9 Å². The molecule has 1 saturated carbocycles. The van der Waals surface area contributed by atoms with E-state index in [0.717, 1.165) is 16.8 Å². The summed E-state index contributed by atoms with van der Waals surface area (Å²) in [5.74, 6) is 0.901. The van der Waals surface area contributed by atoms with Gasteiger partial charge in [-0.1, -0.05) is 54.2 Å². The molecule has 2 atom stereocenters. The standard InChI is InChI=1S/C16H24BrN/c1-2-13-6-4-9-16(18,10-8-13)12-14-5-3-7-15(17)11-14/h3,5,7,11,13H,2,4,6,8-10,12,18H2,1H3. The molecule has 0 radical (unpaired) electrons. The van der Waals surface area contributed by atoms with Crippen LogP contribution in [0.3, 0.4) is 0 Å². The zero-order valence-corrected chi connectivity index (χ0v) is 12.9. The maximum absolute atomic E-state index is 6.64. The second-order valence-corrected chi connectivity index (χ2v) is 6.79. The molecule has 2 N–H and O–H groups in total. The van der Waals surface area contributed by atoms with Crippen LogP contribution in [0.4, 0.5) is 0 Å². The van der Waals surface area contributed by atoms with Crippen molar-refractivity contribution in [2.75, 3.05) is 0 Å². The molecule has 1 nitrogen and oxygen atoms in total. The highest BCUT2D eigenvalue weighted by atomic mass is 79.9. The number of nitrogens with two attached hydrogens (primary N) is 1. The van der Waals surface area contributed by atoms with Gasteiger partial charge in [-0.25, -0.2) is 0 Å². The quantitative estimate of drug-likeness (QED) is 0.806. The number of hydrogen-bond acceptors (Lipinski definition) is 1. The van der Waals surface area contributed by atoms with Crippen molar-refractivity contribution < 1.29 is 0 Å². The van der Waals surface area contributed by atoms with Crippen LogP contribution in [0.5, 0.6) is 0 Å². The minimum atomic E-state index is 0.0186. The molecule has 1 aliphatic carbocycles. The number of benzene rings is 1. The van der Waals surface area contributed by atoms with Gasteiger partial charge >= 0.3 is 0 Å². The summed E-state index contributed by atoms with van der Waals surface area (Å²) in [5.41, 5.74) is 8.02. The molecule has 2 rings (SSSR count). The lowest BCUT2D eigenvalue weighted by Crippen LogP contribution is -2.41. The van der Waals surface area contributed by atoms with Gasteiger partial charge in [0.2, 0.25) is 0 Å². The summed E-state index contributed by atoms with van der Waals surface area (Å²) in [6.07, 6.45) is 8.65. The average Bonchev–Trinajstić information content (AvgIpc) is 2.51. The van der Waals surface area contributed by atoms with E-state index >= 15 is 0 Å². The number of rotatable bonds is 3. The van der Waals surface area contributed by atoms with Crippen LogP contribution in [-0.4, -0.2) is 5.54 Å². The van der Waals surface area contributed by atoms with Gasteiger partial charge in [0.1, 0.15) is 0 Å². The van der Waals surface area contributed by atoms with E-state index in [0.29, 0.717) is 0 Å². The normalized spacial score (nSPS) is 28.9. The van der Waals surface area contributed by atoms with Crippen LogP contribution in [0, 0.1) is 5.92 Å². The summed E-state index contributed by atoms with van der Waals surface area (Å²) < 4.78 is 1.16. The molecular formula is C16H24BrN. The highest BCUT2D eigenvalue weighted by molar-refractivity contribution is 9.10. The van der Waals surface area contributed by atoms with E-state index in [1.165, 1.54) is 44.1 Å². The van der Waals surface area contributed by atoms with Crippen molar-refractivity contribution in [1.82, 2.24) is 0 Å². The molecule has 0 aromatic heterocycles. The van der Waals surface area contributed by atoms with Gasteiger partial charge in [-0.3, -0.25) is 0 Å². The monoisotopic (exact) mass is 309 g/mol. The Bertz CT molecular complexity index is 390. The van der Waals surface area contributed by atoms with Crippen molar-refractivity contribution in [3.63, 3.8) is 0 Å². The molecule has 100 valence electrons. The predicted molar refractivity (Wildman–Crippen MR) is 81.6 cm³/mol. The van der Waals surface area contributed by atoms with Gasteiger partial charge in [-0.2, -0.15) is 0 Å². The third kappa shape index (κ3) is 3.83. The molecule has 1 aromatic rings. The lowest BCUT2D eigenvalue weighted by atomic mass is 9.84. The summed E-state index contributed by atoms with van der Waals surface area (Å²) >= 11 is 3.54. The van der Waals surface area contributed by atoms with Gasteiger partial charge in [0.15, 0.2) is 0 Å². The van der Waals surface area contributed by atoms with E-state index in [2.05, 4.69) is 47.1 Å². The van der Waals surface area contributed by atoms with E-state index in [-0.39, 0.29) is 5.54 Å². The largest absolute Gasteiger partial charge is 0.325 e. The Morgan fingerprint density at radius 2 is 2.17 bits per heavy atom. The summed E-state index contributed by atoms with van der Waals surface area (Å²) in [4.78, 5) is 0. The van der Waals surface area contributed by atoms with Crippen molar-refractivity contribution in [2.24, 2.45) is 11.7 Å². The first-order valence-corrected chi connectivity index (χ1v) is 7.94. The first-order valence-electron chi connectivity index (χ1n) is 7.15. The summed E-state index contributed by atoms with van der Waals surface area (Å²) in [6.45, 7) is 2.31. The molecule has 0 bridgehead atoms. The zero-order valence-electron chi connectivity index (χ0n) is 11.3. The molecule has 1 aromatic carbocycles. The molecule has 2 unspecified atom stereocenters. The predicted octanol–water partition coefficient (Wildman–Crippen LogP) is 4.68. The molecular weight excluding hydrogens is 286 g/mol. The van der Waals surface area contributed by atoms with Gasteiger partial charge in [-0.05, 0) is 49.3 Å². The molecule has 2 heteroatoms. The van der Waals surface area contributed by atoms with E-state index in [4.69, 9.17) is 5.73 Å². The van der Waals surface area contributed by atoms with E-state index < -0.39 is 0 Å². The van der Waals surface area contributed by atoms with Crippen LogP contribution in [0.15, 0.2) is 28.7 Å². The van der Waals surface area contributed by atoms with Crippen molar-refractivity contribution in [2.45, 2.75) is 57.4 Å². The first kappa shape index (κ1) is 14.1. The SMILES string of the molecule is CCC1CCCC(N)(Cc2cccc(Br)c2)CC1. The summed E-state index contributed by atoms with van der Waals surface area (Å²) in [7, 11) is 0. The van der Waals surface area contributed by atoms with Gasteiger partial charge in [0.05, 0.1) is 0 Å². The Morgan fingerprint density at radius 3 is 2.89 bits per heavy atom. The fourth-order valence-corrected chi connectivity index (χ4v) is 3.59. The Labute approximate surface area is 119 Å². The zero-order chi connectivity index (χ0) is 13.0. The van der Waals surface area contributed by atoms with Crippen molar-refractivity contribution in [3.8, 4) is 0 Å². The van der Waals surface area contributed by atoms with Crippen LogP contribution < -0.4 is 5.73 Å². The molecule has 0 heterocycles. The number of halogens is 1. The second kappa shape index (κ2) is 6.21. The number of hydrogen-bond donors (Lipinski definition) is 1. The fraction of sp³-hybridized carbons (Fsp3) is 0.625. The average molecular weight is 310 g/mol. The van der Waals surface area contributed by atoms with Gasteiger partial charge < -0.3 is 5.73 Å². The maximum Gasteiger partial charge on any atom is 0.0195 e. The fourth-order valence-electron chi connectivity index (χ4n) is 3.14. The molecule has 0 spiro atoms. The molecule has 0 aliphatic heterocycles. The van der Waals surface area contributed by atoms with Crippen molar-refractivity contribution >= 4 is 15.9 Å². The Kier molecular flexibility index (Phi) is 4.85. The van der Waals surface area contributed by atoms with Crippen molar-refractivity contribution in [3.05, 3.63) is 34.3 Å². The smallest absolute Gasteiger partial charge is 0.0195 e. The summed E-state index contributed by atoms with van der Waals surface area (Å²) in [5, 5.41) is 0. The molecule has 0 saturated heterocycles. The molecule has 18 heavy (non-hydrogen) atoms. The third-order valence-corrected chi connectivity index (χ3v) is 4.85. The molecule has 1 aliphatic rings. The Morgan fingerprint density at radius 1 is 1.33 bits per heavy atom. The van der Waals surface area contributed by atoms with Crippen LogP contribution in [-0.2, 0) is 6.42 Å². The highest BCUT2D eigenvalue weighted by Crippen LogP contribution is 2.32. The van der Waals surface area contributed by atoms with E-state index in [1.807, 2.05) is 0 Å². The summed E-state index contributed by atoms with van der Waals surface area (Å²) in [6, 6.07) is 8.58.